The number of nitrogens with one attached hydrogen (secondary N) is 1. The topological polar surface area (TPSA) is 61.7 Å². The average Bonchev–Trinajstić information content (AvgIpc) is 2.77. The molecule has 0 amide bonds. The molecular formula is C14H21NO3. The van der Waals surface area contributed by atoms with E-state index in [0.717, 1.165) is 37.1 Å². The Morgan fingerprint density at radius 1 is 1.39 bits per heavy atom. The molecule has 2 atom stereocenters. The third-order valence-electron chi connectivity index (χ3n) is 3.55. The Balaban J connectivity index is 1.82. The Kier molecular flexibility index (Phi) is 4.44. The summed E-state index contributed by atoms with van der Waals surface area (Å²) in [5.74, 6) is 1.59. The first-order valence-electron chi connectivity index (χ1n) is 6.43. The van der Waals surface area contributed by atoms with Crippen molar-refractivity contribution in [3.63, 3.8) is 0 Å². The Morgan fingerprint density at radius 2 is 2.22 bits per heavy atom. The van der Waals surface area contributed by atoms with E-state index in [1.165, 1.54) is 0 Å². The summed E-state index contributed by atoms with van der Waals surface area (Å²) in [5.41, 5.74) is 0.841. The van der Waals surface area contributed by atoms with Gasteiger partial charge in [0.1, 0.15) is 11.5 Å². The summed E-state index contributed by atoms with van der Waals surface area (Å²) in [6.07, 6.45) is 2.76. The van der Waals surface area contributed by atoms with Crippen LogP contribution in [0.5, 0.6) is 11.5 Å². The number of aliphatic hydroxyl groups is 1. The molecule has 1 aliphatic carbocycles. The van der Waals surface area contributed by atoms with Gasteiger partial charge in [0, 0.05) is 12.1 Å². The number of methoxy groups -OCH3 is 1. The molecule has 1 saturated carbocycles. The summed E-state index contributed by atoms with van der Waals surface area (Å²) >= 11 is 0. The van der Waals surface area contributed by atoms with E-state index in [9.17, 15) is 10.2 Å². The first-order valence-corrected chi connectivity index (χ1v) is 6.43. The van der Waals surface area contributed by atoms with Gasteiger partial charge in [-0.2, -0.15) is 0 Å². The molecule has 1 fully saturated rings. The molecule has 1 aromatic rings. The van der Waals surface area contributed by atoms with Gasteiger partial charge in [-0.15, -0.1) is 0 Å². The monoisotopic (exact) mass is 251 g/mol. The summed E-state index contributed by atoms with van der Waals surface area (Å²) in [5, 5.41) is 22.5. The van der Waals surface area contributed by atoms with Crippen LogP contribution in [0.15, 0.2) is 18.2 Å². The van der Waals surface area contributed by atoms with Crippen LogP contribution in [0, 0.1) is 5.92 Å². The molecule has 4 heteroatoms. The minimum atomic E-state index is -0.123. The minimum absolute atomic E-state index is 0.123. The van der Waals surface area contributed by atoms with Crippen molar-refractivity contribution in [1.29, 1.82) is 0 Å². The maximum Gasteiger partial charge on any atom is 0.120 e. The highest BCUT2D eigenvalue weighted by atomic mass is 16.5. The summed E-state index contributed by atoms with van der Waals surface area (Å²) in [7, 11) is 1.61. The van der Waals surface area contributed by atoms with E-state index in [1.54, 1.807) is 19.2 Å². The molecule has 100 valence electrons. The van der Waals surface area contributed by atoms with Crippen LogP contribution in [0.2, 0.25) is 0 Å². The number of hydrogen-bond acceptors (Lipinski definition) is 4. The van der Waals surface area contributed by atoms with Gasteiger partial charge in [0.25, 0.3) is 0 Å². The van der Waals surface area contributed by atoms with Gasteiger partial charge in [0.2, 0.25) is 0 Å². The summed E-state index contributed by atoms with van der Waals surface area (Å²) in [6, 6.07) is 5.23. The second kappa shape index (κ2) is 6.07. The fourth-order valence-corrected chi connectivity index (χ4v) is 2.48. The number of hydrogen-bond donors (Lipinski definition) is 3. The van der Waals surface area contributed by atoms with E-state index in [1.807, 2.05) is 6.07 Å². The van der Waals surface area contributed by atoms with Crippen LogP contribution in [0.25, 0.3) is 0 Å². The molecule has 0 bridgehead atoms. The molecule has 1 aromatic carbocycles. The van der Waals surface area contributed by atoms with Crippen LogP contribution in [0.1, 0.15) is 24.8 Å². The van der Waals surface area contributed by atoms with E-state index in [-0.39, 0.29) is 11.9 Å². The Bertz CT molecular complexity index is 395. The van der Waals surface area contributed by atoms with Crippen molar-refractivity contribution in [3.8, 4) is 11.5 Å². The van der Waals surface area contributed by atoms with Gasteiger partial charge in [0.05, 0.1) is 13.2 Å². The third-order valence-corrected chi connectivity index (χ3v) is 3.55. The third kappa shape index (κ3) is 3.37. The van der Waals surface area contributed by atoms with Gasteiger partial charge in [-0.3, -0.25) is 0 Å². The number of benzene rings is 1. The fourth-order valence-electron chi connectivity index (χ4n) is 2.48. The van der Waals surface area contributed by atoms with Gasteiger partial charge in [-0.1, -0.05) is 0 Å². The Labute approximate surface area is 108 Å². The molecule has 3 N–H and O–H groups in total. The lowest BCUT2D eigenvalue weighted by atomic mass is 10.1. The lowest BCUT2D eigenvalue weighted by Crippen LogP contribution is -2.21. The number of phenolic OH excluding ortho intramolecular Hbond substituents is 1. The molecule has 0 saturated heterocycles. The van der Waals surface area contributed by atoms with Crippen molar-refractivity contribution < 1.29 is 14.9 Å². The fraction of sp³-hybridized carbons (Fsp3) is 0.571. The number of aliphatic hydroxyl groups excluding tert-OH is 1. The van der Waals surface area contributed by atoms with Crippen LogP contribution in [-0.2, 0) is 6.54 Å². The van der Waals surface area contributed by atoms with Crippen molar-refractivity contribution in [3.05, 3.63) is 23.8 Å². The van der Waals surface area contributed by atoms with E-state index in [4.69, 9.17) is 4.74 Å². The van der Waals surface area contributed by atoms with Gasteiger partial charge in [-0.25, -0.2) is 0 Å². The molecule has 4 nitrogen and oxygen atoms in total. The van der Waals surface area contributed by atoms with Crippen LogP contribution >= 0.6 is 0 Å². The number of phenols is 1. The quantitative estimate of drug-likeness (QED) is 0.744. The predicted octanol–water partition coefficient (Wildman–Crippen LogP) is 1.65. The molecular weight excluding hydrogens is 230 g/mol. The van der Waals surface area contributed by atoms with E-state index >= 15 is 0 Å². The Morgan fingerprint density at radius 3 is 2.89 bits per heavy atom. The number of aromatic hydroxyl groups is 1. The first kappa shape index (κ1) is 13.2. The summed E-state index contributed by atoms with van der Waals surface area (Å²) < 4.78 is 5.13. The minimum Gasteiger partial charge on any atom is -0.508 e. The molecule has 0 aromatic heterocycles. The molecule has 0 radical (unpaired) electrons. The Hall–Kier alpha value is -1.26. The zero-order valence-corrected chi connectivity index (χ0v) is 10.7. The van der Waals surface area contributed by atoms with Crippen molar-refractivity contribution in [2.24, 2.45) is 5.92 Å². The standard InChI is InChI=1S/C14H21NO3/c1-18-13-4-5-14(17)11(7-13)9-15-8-10-2-3-12(16)6-10/h4-5,7,10,12,15-17H,2-3,6,8-9H2,1H3. The molecule has 2 rings (SSSR count). The molecule has 0 spiro atoms. The highest BCUT2D eigenvalue weighted by Gasteiger charge is 2.22. The van der Waals surface area contributed by atoms with Crippen molar-refractivity contribution >= 4 is 0 Å². The van der Waals surface area contributed by atoms with Crippen LogP contribution < -0.4 is 10.1 Å². The average molecular weight is 251 g/mol. The van der Waals surface area contributed by atoms with Gasteiger partial charge >= 0.3 is 0 Å². The number of ether oxygens (including phenoxy) is 1. The van der Waals surface area contributed by atoms with Gasteiger partial charge < -0.3 is 20.3 Å². The van der Waals surface area contributed by atoms with Gasteiger partial charge in [-0.05, 0) is 49.9 Å². The highest BCUT2D eigenvalue weighted by Crippen LogP contribution is 2.25. The van der Waals surface area contributed by atoms with Gasteiger partial charge in [0.15, 0.2) is 0 Å². The smallest absolute Gasteiger partial charge is 0.120 e. The molecule has 0 heterocycles. The van der Waals surface area contributed by atoms with Crippen LogP contribution in [-0.4, -0.2) is 30.0 Å². The highest BCUT2D eigenvalue weighted by molar-refractivity contribution is 5.39. The van der Waals surface area contributed by atoms with E-state index < -0.39 is 0 Å². The normalized spacial score (nSPS) is 23.2. The largest absolute Gasteiger partial charge is 0.508 e. The zero-order chi connectivity index (χ0) is 13.0. The maximum absolute atomic E-state index is 9.73. The molecule has 2 unspecified atom stereocenters. The van der Waals surface area contributed by atoms with Crippen LogP contribution in [0.4, 0.5) is 0 Å². The maximum atomic E-state index is 9.73. The second-order valence-corrected chi connectivity index (χ2v) is 4.96. The van der Waals surface area contributed by atoms with E-state index in [2.05, 4.69) is 5.32 Å². The van der Waals surface area contributed by atoms with Crippen LogP contribution in [0.3, 0.4) is 0 Å². The van der Waals surface area contributed by atoms with E-state index in [0.29, 0.717) is 12.5 Å². The lowest BCUT2D eigenvalue weighted by molar-refractivity contribution is 0.177. The summed E-state index contributed by atoms with van der Waals surface area (Å²) in [6.45, 7) is 1.50. The SMILES string of the molecule is COc1ccc(O)c(CNCC2CCC(O)C2)c1. The second-order valence-electron chi connectivity index (χ2n) is 4.96. The van der Waals surface area contributed by atoms with Crippen molar-refractivity contribution in [2.75, 3.05) is 13.7 Å². The number of rotatable bonds is 5. The predicted molar refractivity (Wildman–Crippen MR) is 69.7 cm³/mol. The molecule has 1 aliphatic rings. The zero-order valence-electron chi connectivity index (χ0n) is 10.7. The van der Waals surface area contributed by atoms with Crippen molar-refractivity contribution in [1.82, 2.24) is 5.32 Å². The first-order chi connectivity index (χ1) is 8.69. The summed E-state index contributed by atoms with van der Waals surface area (Å²) in [4.78, 5) is 0. The van der Waals surface area contributed by atoms with Crippen molar-refractivity contribution in [2.45, 2.75) is 31.9 Å². The molecule has 0 aliphatic heterocycles. The molecule has 18 heavy (non-hydrogen) atoms. The lowest BCUT2D eigenvalue weighted by Gasteiger charge is -2.12.